The molecule has 0 aromatic carbocycles. The van der Waals surface area contributed by atoms with E-state index >= 15 is 0 Å². The maximum Gasteiger partial charge on any atom is 0.229 e. The van der Waals surface area contributed by atoms with Gasteiger partial charge < -0.3 is 15.2 Å². The van der Waals surface area contributed by atoms with Gasteiger partial charge in [0, 0.05) is 33.5 Å². The summed E-state index contributed by atoms with van der Waals surface area (Å²) in [4.78, 5) is 15.6. The molecule has 3 aromatic heterocycles. The fourth-order valence-electron chi connectivity index (χ4n) is 3.27. The van der Waals surface area contributed by atoms with E-state index in [9.17, 15) is 0 Å². The number of aryl methyl sites for hydroxylation is 2. The van der Waals surface area contributed by atoms with E-state index < -0.39 is 0 Å². The predicted octanol–water partition coefficient (Wildman–Crippen LogP) is 1.10. The van der Waals surface area contributed by atoms with Crippen LogP contribution >= 0.6 is 0 Å². The molecular weight excluding hydrogens is 308 g/mol. The van der Waals surface area contributed by atoms with Crippen LogP contribution in [-0.4, -0.2) is 43.0 Å². The van der Waals surface area contributed by atoms with E-state index in [0.717, 1.165) is 49.2 Å². The third-order valence-electron chi connectivity index (χ3n) is 4.45. The van der Waals surface area contributed by atoms with Crippen molar-refractivity contribution in [1.82, 2.24) is 29.9 Å². The van der Waals surface area contributed by atoms with Crippen molar-refractivity contribution < 1.29 is 4.52 Å². The lowest BCUT2D eigenvalue weighted by molar-refractivity contribution is 0.369. The van der Waals surface area contributed by atoms with Gasteiger partial charge in [-0.15, -0.1) is 0 Å². The topological polar surface area (TPSA) is 112 Å². The molecule has 1 aliphatic heterocycles. The van der Waals surface area contributed by atoms with Gasteiger partial charge in [0.05, 0.1) is 11.6 Å². The van der Waals surface area contributed by atoms with Gasteiger partial charge >= 0.3 is 0 Å². The molecule has 126 valence electrons. The summed E-state index contributed by atoms with van der Waals surface area (Å²) in [6, 6.07) is 0. The number of hydrogen-bond donors (Lipinski definition) is 1. The number of aromatic nitrogens is 6. The summed E-state index contributed by atoms with van der Waals surface area (Å²) in [5, 5.41) is 8.99. The Bertz CT molecular complexity index is 870. The molecule has 0 aliphatic carbocycles. The van der Waals surface area contributed by atoms with Crippen LogP contribution in [0.1, 0.15) is 24.6 Å². The first-order chi connectivity index (χ1) is 11.6. The van der Waals surface area contributed by atoms with E-state index in [1.165, 1.54) is 0 Å². The smallest absolute Gasteiger partial charge is 0.229 e. The van der Waals surface area contributed by atoms with E-state index in [0.29, 0.717) is 23.6 Å². The molecule has 24 heavy (non-hydrogen) atoms. The molecule has 1 fully saturated rings. The van der Waals surface area contributed by atoms with Gasteiger partial charge in [0.1, 0.15) is 5.82 Å². The van der Waals surface area contributed by atoms with Crippen molar-refractivity contribution in [2.24, 2.45) is 13.0 Å². The first kappa shape index (κ1) is 14.9. The normalized spacial score (nSPS) is 18.4. The second-order valence-corrected chi connectivity index (χ2v) is 6.30. The average Bonchev–Trinajstić information content (AvgIpc) is 3.14. The van der Waals surface area contributed by atoms with Crippen LogP contribution in [0.15, 0.2) is 10.7 Å². The van der Waals surface area contributed by atoms with Crippen LogP contribution in [0.25, 0.3) is 11.0 Å². The highest BCUT2D eigenvalue weighted by Crippen LogP contribution is 2.26. The van der Waals surface area contributed by atoms with Crippen molar-refractivity contribution in [1.29, 1.82) is 0 Å². The van der Waals surface area contributed by atoms with E-state index in [4.69, 9.17) is 10.3 Å². The van der Waals surface area contributed by atoms with E-state index in [1.807, 2.05) is 14.0 Å². The fourth-order valence-corrected chi connectivity index (χ4v) is 3.27. The zero-order chi connectivity index (χ0) is 16.7. The number of nitrogens with zero attached hydrogens (tertiary/aromatic N) is 7. The Kier molecular flexibility index (Phi) is 3.55. The Morgan fingerprint density at radius 2 is 2.21 bits per heavy atom. The van der Waals surface area contributed by atoms with E-state index in [-0.39, 0.29) is 0 Å². The SMILES string of the molecule is Cc1nc(CC2CCCN(c3nc(N)c4cnn(C)c4n3)C2)no1. The van der Waals surface area contributed by atoms with Crippen LogP contribution in [0.3, 0.4) is 0 Å². The third-order valence-corrected chi connectivity index (χ3v) is 4.45. The summed E-state index contributed by atoms with van der Waals surface area (Å²) in [7, 11) is 1.86. The maximum atomic E-state index is 6.07. The van der Waals surface area contributed by atoms with Crippen molar-refractivity contribution in [2.45, 2.75) is 26.2 Å². The molecule has 0 amide bonds. The average molecular weight is 328 g/mol. The van der Waals surface area contributed by atoms with Gasteiger partial charge in [-0.05, 0) is 18.8 Å². The third kappa shape index (κ3) is 2.66. The number of fused-ring (bicyclic) bond motifs is 1. The van der Waals surface area contributed by atoms with Crippen LogP contribution in [0.2, 0.25) is 0 Å². The minimum atomic E-state index is 0.447. The van der Waals surface area contributed by atoms with Gasteiger partial charge in [0.15, 0.2) is 11.5 Å². The van der Waals surface area contributed by atoms with Crippen LogP contribution in [0, 0.1) is 12.8 Å². The largest absolute Gasteiger partial charge is 0.383 e. The van der Waals surface area contributed by atoms with Crippen LogP contribution < -0.4 is 10.6 Å². The Balaban J connectivity index is 1.56. The van der Waals surface area contributed by atoms with Gasteiger partial charge in [-0.2, -0.15) is 20.1 Å². The van der Waals surface area contributed by atoms with Crippen molar-refractivity contribution in [3.8, 4) is 0 Å². The molecule has 0 bridgehead atoms. The summed E-state index contributed by atoms with van der Waals surface area (Å²) < 4.78 is 6.78. The van der Waals surface area contributed by atoms with E-state index in [1.54, 1.807) is 10.9 Å². The second kappa shape index (κ2) is 5.73. The lowest BCUT2D eigenvalue weighted by atomic mass is 9.95. The highest BCUT2D eigenvalue weighted by atomic mass is 16.5. The quantitative estimate of drug-likeness (QED) is 0.760. The van der Waals surface area contributed by atoms with Crippen LogP contribution in [-0.2, 0) is 13.5 Å². The zero-order valence-corrected chi connectivity index (χ0v) is 13.8. The van der Waals surface area contributed by atoms with Crippen molar-refractivity contribution >= 4 is 22.8 Å². The Morgan fingerprint density at radius 1 is 1.33 bits per heavy atom. The summed E-state index contributed by atoms with van der Waals surface area (Å²) in [6.45, 7) is 3.59. The lowest BCUT2D eigenvalue weighted by Crippen LogP contribution is -2.37. The molecule has 0 spiro atoms. The van der Waals surface area contributed by atoms with Crippen LogP contribution in [0.5, 0.6) is 0 Å². The predicted molar refractivity (Wildman–Crippen MR) is 88.4 cm³/mol. The molecule has 0 radical (unpaired) electrons. The Hall–Kier alpha value is -2.71. The fraction of sp³-hybridized carbons (Fsp3) is 0.533. The number of nitrogens with two attached hydrogens (primary N) is 1. The van der Waals surface area contributed by atoms with Crippen LogP contribution in [0.4, 0.5) is 11.8 Å². The summed E-state index contributed by atoms with van der Waals surface area (Å²) in [6.07, 6.45) is 4.71. The Labute approximate surface area is 138 Å². The highest BCUT2D eigenvalue weighted by Gasteiger charge is 2.24. The van der Waals surface area contributed by atoms with Gasteiger partial charge in [0.25, 0.3) is 0 Å². The standard InChI is InChI=1S/C15H20N8O/c1-9-18-12(21-24-9)6-10-4-3-5-23(8-10)15-19-13(16)11-7-17-22(2)14(11)20-15/h7,10H,3-6,8H2,1-2H3,(H2,16,19,20). The van der Waals surface area contributed by atoms with Gasteiger partial charge in [-0.1, -0.05) is 5.16 Å². The minimum absolute atomic E-state index is 0.447. The van der Waals surface area contributed by atoms with Crippen molar-refractivity contribution in [2.75, 3.05) is 23.7 Å². The lowest BCUT2D eigenvalue weighted by Gasteiger charge is -2.32. The zero-order valence-electron chi connectivity index (χ0n) is 13.8. The first-order valence-electron chi connectivity index (χ1n) is 8.09. The molecule has 3 aromatic rings. The van der Waals surface area contributed by atoms with Crippen molar-refractivity contribution in [3.63, 3.8) is 0 Å². The van der Waals surface area contributed by atoms with Gasteiger partial charge in [-0.3, -0.25) is 4.68 Å². The highest BCUT2D eigenvalue weighted by molar-refractivity contribution is 5.86. The molecule has 0 saturated carbocycles. The number of hydrogen-bond acceptors (Lipinski definition) is 8. The number of anilines is 2. The molecule has 1 saturated heterocycles. The number of rotatable bonds is 3. The molecule has 4 rings (SSSR count). The summed E-state index contributed by atoms with van der Waals surface area (Å²) >= 11 is 0. The minimum Gasteiger partial charge on any atom is -0.383 e. The molecule has 9 nitrogen and oxygen atoms in total. The monoisotopic (exact) mass is 328 g/mol. The molecule has 2 N–H and O–H groups in total. The Morgan fingerprint density at radius 3 is 3.00 bits per heavy atom. The summed E-state index contributed by atoms with van der Waals surface area (Å²) in [5.41, 5.74) is 6.83. The van der Waals surface area contributed by atoms with Crippen molar-refractivity contribution in [3.05, 3.63) is 17.9 Å². The number of nitrogen functional groups attached to an aromatic ring is 1. The number of piperidine rings is 1. The molecule has 1 aliphatic rings. The van der Waals surface area contributed by atoms with Gasteiger partial charge in [0.2, 0.25) is 11.8 Å². The molecular formula is C15H20N8O. The van der Waals surface area contributed by atoms with E-state index in [2.05, 4.69) is 30.1 Å². The molecule has 9 heteroatoms. The van der Waals surface area contributed by atoms with Gasteiger partial charge in [-0.25, -0.2) is 0 Å². The molecule has 1 atom stereocenters. The molecule has 4 heterocycles. The maximum absolute atomic E-state index is 6.07. The molecule has 1 unspecified atom stereocenters. The first-order valence-corrected chi connectivity index (χ1v) is 8.09. The summed E-state index contributed by atoms with van der Waals surface area (Å²) in [5.74, 6) is 2.96. The second-order valence-electron chi connectivity index (χ2n) is 6.30.